The summed E-state index contributed by atoms with van der Waals surface area (Å²) >= 11 is 0. The zero-order valence-corrected chi connectivity index (χ0v) is 17.4. The Morgan fingerprint density at radius 3 is 2.21 bits per heavy atom. The van der Waals surface area contributed by atoms with Gasteiger partial charge >= 0.3 is 0 Å². The molecule has 0 aliphatic heterocycles. The van der Waals surface area contributed by atoms with Crippen LogP contribution in [0.25, 0.3) is 0 Å². The lowest BCUT2D eigenvalue weighted by atomic mass is 9.96. The molecule has 0 amide bonds. The van der Waals surface area contributed by atoms with Crippen molar-refractivity contribution in [3.63, 3.8) is 0 Å². The third-order valence-corrected chi connectivity index (χ3v) is 5.91. The average molecular weight is 400 g/mol. The molecule has 1 aliphatic carbocycles. The number of hydrogen-bond acceptors (Lipinski definition) is 3. The van der Waals surface area contributed by atoms with Crippen molar-refractivity contribution in [1.82, 2.24) is 10.6 Å². The summed E-state index contributed by atoms with van der Waals surface area (Å²) in [6, 6.07) is 18.3. The third kappa shape index (κ3) is 5.83. The molecule has 0 unspecified atom stereocenters. The Morgan fingerprint density at radius 2 is 1.64 bits per heavy atom. The van der Waals surface area contributed by atoms with Crippen LogP contribution in [0.2, 0.25) is 0 Å². The van der Waals surface area contributed by atoms with E-state index in [4.69, 9.17) is 0 Å². The van der Waals surface area contributed by atoms with Crippen LogP contribution in [0.3, 0.4) is 0 Å². The second-order valence-electron chi connectivity index (χ2n) is 7.58. The van der Waals surface area contributed by atoms with Crippen LogP contribution in [0, 0.1) is 0 Å². The Bertz CT molecular complexity index is 903. The standard InChI is InChI=1S/C22H29N3O2S/c1-3-23-21(25-17-22(13-14-22)20-7-5-4-6-8-20)24-15-18-9-11-19(12-10-18)16-28(2,26)27/h4-12H,3,13-17H2,1-2H3,(H2,23,24,25). The molecule has 3 rings (SSSR count). The maximum Gasteiger partial charge on any atom is 0.191 e. The van der Waals surface area contributed by atoms with Crippen LogP contribution in [-0.4, -0.2) is 33.7 Å². The van der Waals surface area contributed by atoms with E-state index >= 15 is 0 Å². The molecular weight excluding hydrogens is 370 g/mol. The average Bonchev–Trinajstić information content (AvgIpc) is 3.46. The van der Waals surface area contributed by atoms with Crippen molar-refractivity contribution in [2.45, 2.75) is 37.5 Å². The van der Waals surface area contributed by atoms with Crippen molar-refractivity contribution >= 4 is 15.8 Å². The van der Waals surface area contributed by atoms with Gasteiger partial charge in [-0.15, -0.1) is 0 Å². The van der Waals surface area contributed by atoms with Crippen LogP contribution in [0.1, 0.15) is 36.5 Å². The molecule has 0 saturated heterocycles. The highest BCUT2D eigenvalue weighted by Gasteiger charge is 2.43. The summed E-state index contributed by atoms with van der Waals surface area (Å²) < 4.78 is 22.8. The molecule has 0 atom stereocenters. The minimum Gasteiger partial charge on any atom is -0.357 e. The lowest BCUT2D eigenvalue weighted by Gasteiger charge is -2.19. The number of guanidine groups is 1. The van der Waals surface area contributed by atoms with Crippen LogP contribution in [0.4, 0.5) is 0 Å². The van der Waals surface area contributed by atoms with Crippen molar-refractivity contribution in [2.75, 3.05) is 19.3 Å². The molecule has 1 saturated carbocycles. The molecule has 5 nitrogen and oxygen atoms in total. The van der Waals surface area contributed by atoms with E-state index in [1.807, 2.05) is 24.3 Å². The monoisotopic (exact) mass is 399 g/mol. The van der Waals surface area contributed by atoms with Gasteiger partial charge in [-0.05, 0) is 36.5 Å². The summed E-state index contributed by atoms with van der Waals surface area (Å²) in [5.74, 6) is 0.882. The van der Waals surface area contributed by atoms with E-state index in [1.54, 1.807) is 0 Å². The first-order valence-corrected chi connectivity index (χ1v) is 11.8. The molecule has 0 bridgehead atoms. The van der Waals surface area contributed by atoms with Gasteiger partial charge in [0.2, 0.25) is 0 Å². The Labute approximate surface area is 168 Å². The Hall–Kier alpha value is -2.34. The molecule has 28 heavy (non-hydrogen) atoms. The predicted octanol–water partition coefficient (Wildman–Crippen LogP) is 3.02. The Balaban J connectivity index is 1.60. The molecule has 0 aromatic heterocycles. The molecular formula is C22H29N3O2S. The first-order valence-electron chi connectivity index (χ1n) is 9.73. The molecule has 0 spiro atoms. The van der Waals surface area contributed by atoms with Gasteiger partial charge in [0, 0.05) is 24.8 Å². The molecule has 2 N–H and O–H groups in total. The molecule has 0 heterocycles. The third-order valence-electron chi connectivity index (χ3n) is 5.05. The number of aliphatic imine (C=N–C) groups is 1. The molecule has 6 heteroatoms. The highest BCUT2D eigenvalue weighted by Crippen LogP contribution is 2.47. The quantitative estimate of drug-likeness (QED) is 0.529. The van der Waals surface area contributed by atoms with Gasteiger partial charge in [0.05, 0.1) is 12.3 Å². The zero-order chi connectivity index (χ0) is 20.0. The van der Waals surface area contributed by atoms with Crippen LogP contribution in [-0.2, 0) is 27.5 Å². The Kier molecular flexibility index (Phi) is 6.39. The number of hydrogen-bond donors (Lipinski definition) is 2. The summed E-state index contributed by atoms with van der Waals surface area (Å²) in [7, 11) is -3.01. The van der Waals surface area contributed by atoms with Crippen LogP contribution >= 0.6 is 0 Å². The lowest BCUT2D eigenvalue weighted by molar-refractivity contribution is 0.601. The van der Waals surface area contributed by atoms with Gasteiger partial charge in [-0.25, -0.2) is 13.4 Å². The van der Waals surface area contributed by atoms with Crippen LogP contribution < -0.4 is 10.6 Å². The van der Waals surface area contributed by atoms with Crippen molar-refractivity contribution in [2.24, 2.45) is 4.99 Å². The maximum absolute atomic E-state index is 11.4. The fourth-order valence-corrected chi connectivity index (χ4v) is 4.12. The number of sulfone groups is 1. The first kappa shape index (κ1) is 20.4. The van der Waals surface area contributed by atoms with Gasteiger partial charge in [-0.3, -0.25) is 0 Å². The smallest absolute Gasteiger partial charge is 0.191 e. The van der Waals surface area contributed by atoms with Crippen molar-refractivity contribution in [1.29, 1.82) is 0 Å². The summed E-state index contributed by atoms with van der Waals surface area (Å²) in [5.41, 5.74) is 3.47. The second-order valence-corrected chi connectivity index (χ2v) is 9.72. The molecule has 150 valence electrons. The van der Waals surface area contributed by atoms with Gasteiger partial charge in [0.1, 0.15) is 0 Å². The van der Waals surface area contributed by atoms with E-state index in [0.29, 0.717) is 6.54 Å². The lowest BCUT2D eigenvalue weighted by Crippen LogP contribution is -2.41. The fraction of sp³-hybridized carbons (Fsp3) is 0.409. The SMILES string of the molecule is CCNC(=NCc1ccc(CS(C)(=O)=O)cc1)NCC1(c2ccccc2)CC1. The number of rotatable bonds is 8. The van der Waals surface area contributed by atoms with E-state index in [2.05, 4.69) is 52.9 Å². The first-order chi connectivity index (χ1) is 13.4. The molecule has 2 aromatic carbocycles. The summed E-state index contributed by atoms with van der Waals surface area (Å²) in [6.07, 6.45) is 3.65. The zero-order valence-electron chi connectivity index (χ0n) is 16.6. The maximum atomic E-state index is 11.4. The second kappa shape index (κ2) is 8.78. The van der Waals surface area contributed by atoms with E-state index in [1.165, 1.54) is 24.7 Å². The largest absolute Gasteiger partial charge is 0.357 e. The molecule has 1 fully saturated rings. The van der Waals surface area contributed by atoms with Crippen LogP contribution in [0.5, 0.6) is 0 Å². The number of nitrogens with zero attached hydrogens (tertiary/aromatic N) is 1. The minimum absolute atomic E-state index is 0.0717. The van der Waals surface area contributed by atoms with Crippen molar-refractivity contribution in [3.8, 4) is 0 Å². The highest BCUT2D eigenvalue weighted by atomic mass is 32.2. The fourth-order valence-electron chi connectivity index (χ4n) is 3.32. The van der Waals surface area contributed by atoms with E-state index < -0.39 is 9.84 Å². The molecule has 1 aliphatic rings. The van der Waals surface area contributed by atoms with E-state index in [0.717, 1.165) is 30.2 Å². The van der Waals surface area contributed by atoms with Gasteiger partial charge in [0.15, 0.2) is 15.8 Å². The number of benzene rings is 2. The van der Waals surface area contributed by atoms with Gasteiger partial charge in [-0.2, -0.15) is 0 Å². The van der Waals surface area contributed by atoms with Crippen molar-refractivity contribution in [3.05, 3.63) is 71.3 Å². The van der Waals surface area contributed by atoms with E-state index in [9.17, 15) is 8.42 Å². The van der Waals surface area contributed by atoms with Crippen LogP contribution in [0.15, 0.2) is 59.6 Å². The summed E-state index contributed by atoms with van der Waals surface area (Å²) in [6.45, 7) is 4.28. The molecule has 2 aromatic rings. The minimum atomic E-state index is -3.01. The van der Waals surface area contributed by atoms with Crippen molar-refractivity contribution < 1.29 is 8.42 Å². The topological polar surface area (TPSA) is 70.6 Å². The summed E-state index contributed by atoms with van der Waals surface area (Å²) in [5, 5.41) is 6.80. The predicted molar refractivity (Wildman–Crippen MR) is 115 cm³/mol. The van der Waals surface area contributed by atoms with Gasteiger partial charge in [0.25, 0.3) is 0 Å². The molecule has 0 radical (unpaired) electrons. The van der Waals surface area contributed by atoms with Gasteiger partial charge in [-0.1, -0.05) is 54.6 Å². The number of nitrogens with one attached hydrogen (secondary N) is 2. The highest BCUT2D eigenvalue weighted by molar-refractivity contribution is 7.89. The normalized spacial score (nSPS) is 15.9. The van der Waals surface area contributed by atoms with E-state index in [-0.39, 0.29) is 11.2 Å². The summed E-state index contributed by atoms with van der Waals surface area (Å²) in [4.78, 5) is 4.69. The Morgan fingerprint density at radius 1 is 1.00 bits per heavy atom. The van der Waals surface area contributed by atoms with Gasteiger partial charge < -0.3 is 10.6 Å².